The molecule has 0 heterocycles. The summed E-state index contributed by atoms with van der Waals surface area (Å²) < 4.78 is 0. The molecule has 0 unspecified atom stereocenters. The van der Waals surface area contributed by atoms with Gasteiger partial charge in [0.1, 0.15) is 0 Å². The van der Waals surface area contributed by atoms with Crippen molar-refractivity contribution in [3.05, 3.63) is 412 Å². The Morgan fingerprint density at radius 1 is 0.130 bits per heavy atom. The molecule has 0 radical (unpaired) electrons. The Kier molecular flexibility index (Phi) is 16.6. The molecule has 108 heavy (non-hydrogen) atoms. The van der Waals surface area contributed by atoms with Crippen LogP contribution in [0.2, 0.25) is 0 Å². The van der Waals surface area contributed by atoms with Crippen LogP contribution in [0.1, 0.15) is 26.3 Å². The van der Waals surface area contributed by atoms with Crippen LogP contribution in [0.4, 0.5) is 0 Å². The SMILES string of the molecule is CC(C)(C)c1ccc2c(-c3ccc4ccccc4c3)c3ccccc3c(-c3ccc4ccccc4c3)c2c1.c1ccc(-c2ccc(-c3c4ccccc4c(-c4ccc5ccccc5c4)c4ccccc34)cc2)cc1.c1ccc2cc(-c3c4ccccc4c(-c4ccc5ccccc5c4)c4ccccc34)ccc2c1. The van der Waals surface area contributed by atoms with Crippen molar-refractivity contribution in [2.45, 2.75) is 26.2 Å². The third kappa shape index (κ3) is 12.0. The molecule has 0 saturated carbocycles. The molecule has 0 fully saturated rings. The van der Waals surface area contributed by atoms with E-state index in [0.717, 1.165) is 0 Å². The van der Waals surface area contributed by atoms with E-state index in [4.69, 9.17) is 0 Å². The van der Waals surface area contributed by atoms with Crippen molar-refractivity contribution >= 4 is 118 Å². The molecule has 0 aliphatic carbocycles. The zero-order chi connectivity index (χ0) is 72.2. The molecule has 0 aliphatic rings. The summed E-state index contributed by atoms with van der Waals surface area (Å²) in [6.45, 7) is 6.90. The van der Waals surface area contributed by atoms with Crippen molar-refractivity contribution < 1.29 is 0 Å². The lowest BCUT2D eigenvalue weighted by Gasteiger charge is -2.23. The van der Waals surface area contributed by atoms with Crippen molar-refractivity contribution in [2.75, 3.05) is 0 Å². The second-order valence-corrected chi connectivity index (χ2v) is 29.7. The smallest absolute Gasteiger partial charge is 0.00260 e. The average Bonchev–Trinajstić information content (AvgIpc) is 0.727. The summed E-state index contributed by atoms with van der Waals surface area (Å²) in [7, 11) is 0. The lowest BCUT2D eigenvalue weighted by molar-refractivity contribution is 0.591. The zero-order valence-corrected chi connectivity index (χ0v) is 60.7. The van der Waals surface area contributed by atoms with Crippen molar-refractivity contribution in [3.63, 3.8) is 0 Å². The van der Waals surface area contributed by atoms with Crippen LogP contribution in [0.15, 0.2) is 406 Å². The number of hydrogen-bond donors (Lipinski definition) is 0. The van der Waals surface area contributed by atoms with Crippen molar-refractivity contribution in [1.29, 1.82) is 0 Å². The predicted octanol–water partition coefficient (Wildman–Crippen LogP) is 30.7. The van der Waals surface area contributed by atoms with Crippen LogP contribution in [-0.2, 0) is 5.41 Å². The molecular formula is C108H76. The average molecular weight is 1370 g/mol. The highest BCUT2D eigenvalue weighted by Crippen LogP contribution is 2.49. The van der Waals surface area contributed by atoms with Crippen LogP contribution in [-0.4, -0.2) is 0 Å². The Bertz CT molecular complexity index is 6820. The standard InChI is InChI=1S/C38H30.C36H24.C34H22/c1-38(2,3)31-20-21-34-35(24-31)37(30-19-17-26-11-5-7-13-28(26)23-30)33-15-9-8-14-32(33)36(34)29-18-16-25-10-4-6-12-27(25)22-29;1-2-10-25(11-3-1)27-18-21-28(22-19-27)35-31-14-6-8-16-33(31)36(34-17-9-7-15-32(34)35)30-23-20-26-12-4-5-13-29(26)24-30;1-3-11-25-21-27(19-17-23(25)9-1)33-29-13-5-7-15-31(29)34(32-16-8-6-14-30(32)33)28-20-18-24-10-2-4-12-26(24)22-28/h4-24H,1-3H3;1-24H;1-22H. The van der Waals surface area contributed by atoms with Crippen LogP contribution >= 0.6 is 0 Å². The van der Waals surface area contributed by atoms with E-state index in [0.29, 0.717) is 0 Å². The predicted molar refractivity (Wildman–Crippen MR) is 469 cm³/mol. The first-order valence-corrected chi connectivity index (χ1v) is 37.7. The number of fused-ring (bicyclic) bond motifs is 11. The van der Waals surface area contributed by atoms with Gasteiger partial charge in [0.2, 0.25) is 0 Å². The quantitative estimate of drug-likeness (QED) is 0.140. The summed E-state index contributed by atoms with van der Waals surface area (Å²) >= 11 is 0. The zero-order valence-electron chi connectivity index (χ0n) is 60.7. The van der Waals surface area contributed by atoms with Gasteiger partial charge in [-0.15, -0.1) is 0 Å². The second-order valence-electron chi connectivity index (χ2n) is 29.7. The van der Waals surface area contributed by atoms with Gasteiger partial charge in [0.05, 0.1) is 0 Å². The van der Waals surface area contributed by atoms with Crippen molar-refractivity contribution in [3.8, 4) is 77.9 Å². The van der Waals surface area contributed by atoms with E-state index in [-0.39, 0.29) is 5.41 Å². The van der Waals surface area contributed by atoms with Gasteiger partial charge in [-0.25, -0.2) is 0 Å². The van der Waals surface area contributed by atoms with Gasteiger partial charge in [-0.05, 0) is 244 Å². The van der Waals surface area contributed by atoms with Crippen LogP contribution in [0.3, 0.4) is 0 Å². The summed E-state index contributed by atoms with van der Waals surface area (Å²) in [4.78, 5) is 0. The molecule has 508 valence electrons. The maximum absolute atomic E-state index is 2.44. The summed E-state index contributed by atoms with van der Waals surface area (Å²) in [6.07, 6.45) is 0. The third-order valence-corrected chi connectivity index (χ3v) is 22.2. The van der Waals surface area contributed by atoms with Gasteiger partial charge in [0.25, 0.3) is 0 Å². The fourth-order valence-corrected chi connectivity index (χ4v) is 17.0. The molecule has 21 rings (SSSR count). The van der Waals surface area contributed by atoms with E-state index in [2.05, 4.69) is 427 Å². The Morgan fingerprint density at radius 3 is 0.593 bits per heavy atom. The van der Waals surface area contributed by atoms with Crippen LogP contribution in [0.25, 0.3) is 196 Å². The molecule has 0 aliphatic heterocycles. The lowest BCUT2D eigenvalue weighted by atomic mass is 9.81. The topological polar surface area (TPSA) is 0 Å². The highest BCUT2D eigenvalue weighted by atomic mass is 14.3. The van der Waals surface area contributed by atoms with Gasteiger partial charge in [0, 0.05) is 0 Å². The Morgan fingerprint density at radius 2 is 0.324 bits per heavy atom. The maximum Gasteiger partial charge on any atom is -0.00260 e. The number of benzene rings is 21. The molecule has 0 bridgehead atoms. The largest absolute Gasteiger partial charge is 0.0622 e. The molecule has 21 aromatic carbocycles. The number of rotatable bonds is 7. The van der Waals surface area contributed by atoms with Crippen LogP contribution < -0.4 is 0 Å². The third-order valence-electron chi connectivity index (χ3n) is 22.2. The van der Waals surface area contributed by atoms with E-state index < -0.39 is 0 Å². The molecular weight excluding hydrogens is 1300 g/mol. The maximum atomic E-state index is 2.44. The van der Waals surface area contributed by atoms with Crippen LogP contribution in [0, 0.1) is 0 Å². The highest BCUT2D eigenvalue weighted by Gasteiger charge is 2.23. The minimum atomic E-state index is 0.0591. The second kappa shape index (κ2) is 27.5. The molecule has 0 nitrogen and oxygen atoms in total. The first kappa shape index (κ1) is 65.3. The normalized spacial score (nSPS) is 11.7. The molecule has 0 heteroatoms. The minimum absolute atomic E-state index is 0.0591. The van der Waals surface area contributed by atoms with Gasteiger partial charge in [-0.1, -0.05) is 391 Å². The molecule has 0 spiro atoms. The first-order valence-electron chi connectivity index (χ1n) is 37.7. The van der Waals surface area contributed by atoms with Crippen molar-refractivity contribution in [2.24, 2.45) is 0 Å². The Balaban J connectivity index is 0.000000110. The fourth-order valence-electron chi connectivity index (χ4n) is 17.0. The van der Waals surface area contributed by atoms with Gasteiger partial charge in [-0.2, -0.15) is 0 Å². The fraction of sp³-hybridized carbons (Fsp3) is 0.0370. The van der Waals surface area contributed by atoms with Gasteiger partial charge in [-0.3, -0.25) is 0 Å². The first-order chi connectivity index (χ1) is 53.2. The lowest BCUT2D eigenvalue weighted by Crippen LogP contribution is -2.10. The van der Waals surface area contributed by atoms with E-state index in [1.54, 1.807) is 0 Å². The molecule has 0 amide bonds. The molecule has 0 atom stereocenters. The summed E-state index contributed by atoms with van der Waals surface area (Å²) in [5, 5.41) is 28.2. The Hall–Kier alpha value is -13.5. The summed E-state index contributed by atoms with van der Waals surface area (Å²) in [5.41, 5.74) is 19.3. The summed E-state index contributed by atoms with van der Waals surface area (Å²) in [6, 6.07) is 149. The monoisotopic (exact) mass is 1370 g/mol. The van der Waals surface area contributed by atoms with Gasteiger partial charge >= 0.3 is 0 Å². The Labute approximate surface area is 630 Å². The van der Waals surface area contributed by atoms with Crippen LogP contribution in [0.5, 0.6) is 0 Å². The molecule has 21 aromatic rings. The highest BCUT2D eigenvalue weighted by molar-refractivity contribution is 6.25. The van der Waals surface area contributed by atoms with Crippen molar-refractivity contribution in [1.82, 2.24) is 0 Å². The van der Waals surface area contributed by atoms with E-state index >= 15 is 0 Å². The summed E-state index contributed by atoms with van der Waals surface area (Å²) in [5.74, 6) is 0. The van der Waals surface area contributed by atoms with Gasteiger partial charge < -0.3 is 0 Å². The van der Waals surface area contributed by atoms with E-state index in [9.17, 15) is 0 Å². The van der Waals surface area contributed by atoms with E-state index in [1.807, 2.05) is 0 Å². The molecule has 0 aromatic heterocycles. The molecule has 0 N–H and O–H groups in total. The molecule has 0 saturated heterocycles. The number of hydrogen-bond acceptors (Lipinski definition) is 0. The minimum Gasteiger partial charge on any atom is -0.0622 e. The van der Waals surface area contributed by atoms with E-state index in [1.165, 1.54) is 202 Å². The van der Waals surface area contributed by atoms with Gasteiger partial charge in [0.15, 0.2) is 0 Å².